The van der Waals surface area contributed by atoms with Crippen molar-refractivity contribution in [3.8, 4) is 0 Å². The third-order valence-corrected chi connectivity index (χ3v) is 2.03. The van der Waals surface area contributed by atoms with Crippen LogP contribution in [0.1, 0.15) is 5.56 Å². The van der Waals surface area contributed by atoms with Crippen LogP contribution in [0, 0.1) is 6.92 Å². The molecule has 1 aromatic heterocycles. The fourth-order valence-electron chi connectivity index (χ4n) is 1.32. The summed E-state index contributed by atoms with van der Waals surface area (Å²) in [4.78, 5) is 10.9. The summed E-state index contributed by atoms with van der Waals surface area (Å²) in [6.07, 6.45) is 0. The van der Waals surface area contributed by atoms with E-state index in [1.807, 2.05) is 13.0 Å². The molecule has 2 aromatic rings. The number of hydrogen-bond donors (Lipinski definition) is 1. The summed E-state index contributed by atoms with van der Waals surface area (Å²) in [5.74, 6) is 0. The van der Waals surface area contributed by atoms with Gasteiger partial charge in [0.1, 0.15) is 0 Å². The number of rotatable bonds is 0. The summed E-state index contributed by atoms with van der Waals surface area (Å²) >= 11 is 0. The summed E-state index contributed by atoms with van der Waals surface area (Å²) in [5.41, 5.74) is 7.32. The Bertz CT molecular complexity index is 514. The highest BCUT2D eigenvalue weighted by Crippen LogP contribution is 2.22. The normalized spacial score (nSPS) is 10.5. The third-order valence-electron chi connectivity index (χ3n) is 2.03. The van der Waals surface area contributed by atoms with Crippen LogP contribution in [0.25, 0.3) is 11.0 Å². The first-order valence-electron chi connectivity index (χ1n) is 3.97. The van der Waals surface area contributed by atoms with Crippen molar-refractivity contribution in [1.82, 2.24) is 0 Å². The minimum absolute atomic E-state index is 0.371. The smallest absolute Gasteiger partial charge is 0.336 e. The number of anilines is 1. The Kier molecular flexibility index (Phi) is 1.59. The van der Waals surface area contributed by atoms with E-state index in [2.05, 4.69) is 0 Å². The highest BCUT2D eigenvalue weighted by molar-refractivity contribution is 5.89. The fourth-order valence-corrected chi connectivity index (χ4v) is 1.32. The quantitative estimate of drug-likeness (QED) is 0.489. The second-order valence-corrected chi connectivity index (χ2v) is 2.97. The van der Waals surface area contributed by atoms with Crippen molar-refractivity contribution in [3.63, 3.8) is 0 Å². The first kappa shape index (κ1) is 7.86. The van der Waals surface area contributed by atoms with Gasteiger partial charge < -0.3 is 10.2 Å². The van der Waals surface area contributed by atoms with Gasteiger partial charge in [0, 0.05) is 11.5 Å². The monoisotopic (exact) mass is 175 g/mol. The van der Waals surface area contributed by atoms with Gasteiger partial charge in [-0.25, -0.2) is 4.79 Å². The molecule has 0 atom stereocenters. The van der Waals surface area contributed by atoms with E-state index in [9.17, 15) is 4.79 Å². The highest BCUT2D eigenvalue weighted by atomic mass is 16.4. The molecule has 0 aliphatic heterocycles. The molecule has 2 rings (SSSR count). The standard InChI is InChI=1S/C10H9NO2/c1-6-2-4-8(11)10-7(6)3-5-9(12)13-10/h2-5H,11H2,1H3. The molecule has 1 heterocycles. The van der Waals surface area contributed by atoms with Crippen LogP contribution < -0.4 is 11.4 Å². The van der Waals surface area contributed by atoms with Gasteiger partial charge in [0.25, 0.3) is 0 Å². The molecule has 0 amide bonds. The van der Waals surface area contributed by atoms with Crippen LogP contribution in [0.15, 0.2) is 33.5 Å². The molecule has 0 aliphatic carbocycles. The molecule has 0 saturated carbocycles. The van der Waals surface area contributed by atoms with Crippen molar-refractivity contribution in [2.45, 2.75) is 6.92 Å². The molecule has 1 aromatic carbocycles. The zero-order chi connectivity index (χ0) is 9.42. The van der Waals surface area contributed by atoms with Crippen LogP contribution in [0.4, 0.5) is 5.69 Å². The largest absolute Gasteiger partial charge is 0.420 e. The van der Waals surface area contributed by atoms with E-state index in [0.717, 1.165) is 10.9 Å². The molecule has 0 bridgehead atoms. The maximum absolute atomic E-state index is 10.9. The van der Waals surface area contributed by atoms with E-state index >= 15 is 0 Å². The lowest BCUT2D eigenvalue weighted by Crippen LogP contribution is -1.97. The molecular formula is C10H9NO2. The van der Waals surface area contributed by atoms with Crippen molar-refractivity contribution in [3.05, 3.63) is 40.2 Å². The van der Waals surface area contributed by atoms with Crippen molar-refractivity contribution in [1.29, 1.82) is 0 Å². The van der Waals surface area contributed by atoms with Gasteiger partial charge in [-0.2, -0.15) is 0 Å². The Morgan fingerprint density at radius 3 is 2.77 bits per heavy atom. The molecule has 0 aliphatic rings. The lowest BCUT2D eigenvalue weighted by molar-refractivity contribution is 0.562. The molecule has 0 spiro atoms. The number of nitrogens with two attached hydrogens (primary N) is 1. The Labute approximate surface area is 74.8 Å². The zero-order valence-electron chi connectivity index (χ0n) is 7.20. The average Bonchev–Trinajstić information content (AvgIpc) is 2.12. The zero-order valence-corrected chi connectivity index (χ0v) is 7.20. The highest BCUT2D eigenvalue weighted by Gasteiger charge is 2.02. The SMILES string of the molecule is Cc1ccc(N)c2oc(=O)ccc12. The molecule has 0 saturated heterocycles. The average molecular weight is 175 g/mol. The lowest BCUT2D eigenvalue weighted by Gasteiger charge is -2.01. The third kappa shape index (κ3) is 1.18. The van der Waals surface area contributed by atoms with E-state index < -0.39 is 0 Å². The minimum Gasteiger partial charge on any atom is -0.420 e. The first-order valence-corrected chi connectivity index (χ1v) is 3.97. The van der Waals surface area contributed by atoms with Gasteiger partial charge >= 0.3 is 5.63 Å². The van der Waals surface area contributed by atoms with Gasteiger partial charge in [0.05, 0.1) is 5.69 Å². The fraction of sp³-hybridized carbons (Fsp3) is 0.100. The summed E-state index contributed by atoms with van der Waals surface area (Å²) in [7, 11) is 0. The van der Waals surface area contributed by atoms with Gasteiger partial charge in [0.2, 0.25) is 0 Å². The summed E-state index contributed by atoms with van der Waals surface area (Å²) in [5, 5.41) is 0.889. The van der Waals surface area contributed by atoms with Gasteiger partial charge in [-0.05, 0) is 24.6 Å². The van der Waals surface area contributed by atoms with Crippen molar-refractivity contribution >= 4 is 16.7 Å². The Hall–Kier alpha value is -1.77. The van der Waals surface area contributed by atoms with E-state index in [0.29, 0.717) is 11.3 Å². The van der Waals surface area contributed by atoms with E-state index in [1.165, 1.54) is 6.07 Å². The van der Waals surface area contributed by atoms with Crippen molar-refractivity contribution < 1.29 is 4.42 Å². The maximum Gasteiger partial charge on any atom is 0.336 e. The van der Waals surface area contributed by atoms with Gasteiger partial charge in [-0.1, -0.05) is 6.07 Å². The van der Waals surface area contributed by atoms with Crippen molar-refractivity contribution in [2.75, 3.05) is 5.73 Å². The first-order chi connectivity index (χ1) is 6.18. The second-order valence-electron chi connectivity index (χ2n) is 2.97. The van der Waals surface area contributed by atoms with Crippen LogP contribution in [-0.2, 0) is 0 Å². The van der Waals surface area contributed by atoms with Crippen LogP contribution in [0.3, 0.4) is 0 Å². The predicted molar refractivity (Wildman–Crippen MR) is 51.6 cm³/mol. The van der Waals surface area contributed by atoms with E-state index in [-0.39, 0.29) is 5.63 Å². The number of fused-ring (bicyclic) bond motifs is 1. The second kappa shape index (κ2) is 2.62. The summed E-state index contributed by atoms with van der Waals surface area (Å²) in [6.45, 7) is 1.95. The molecule has 66 valence electrons. The number of nitrogen functional groups attached to an aromatic ring is 1. The summed E-state index contributed by atoms with van der Waals surface area (Å²) in [6, 6.07) is 6.76. The van der Waals surface area contributed by atoms with Crippen LogP contribution in [0.2, 0.25) is 0 Å². The molecule has 2 N–H and O–H groups in total. The van der Waals surface area contributed by atoms with E-state index in [1.54, 1.807) is 12.1 Å². The summed E-state index contributed by atoms with van der Waals surface area (Å²) < 4.78 is 4.99. The lowest BCUT2D eigenvalue weighted by atomic mass is 10.1. The molecule has 13 heavy (non-hydrogen) atoms. The van der Waals surface area contributed by atoms with E-state index in [4.69, 9.17) is 10.2 Å². The molecule has 3 heteroatoms. The molecule has 0 radical (unpaired) electrons. The van der Waals surface area contributed by atoms with Crippen molar-refractivity contribution in [2.24, 2.45) is 0 Å². The predicted octanol–water partition coefficient (Wildman–Crippen LogP) is 1.68. The molecule has 0 unspecified atom stereocenters. The van der Waals surface area contributed by atoms with Crippen LogP contribution in [-0.4, -0.2) is 0 Å². The number of aryl methyl sites for hydroxylation is 1. The minimum atomic E-state index is -0.371. The van der Waals surface area contributed by atoms with Crippen LogP contribution >= 0.6 is 0 Å². The Balaban J connectivity index is 3.00. The number of hydrogen-bond acceptors (Lipinski definition) is 3. The molecule has 3 nitrogen and oxygen atoms in total. The van der Waals surface area contributed by atoms with Gasteiger partial charge in [0.15, 0.2) is 5.58 Å². The van der Waals surface area contributed by atoms with Gasteiger partial charge in [-0.15, -0.1) is 0 Å². The number of benzene rings is 1. The topological polar surface area (TPSA) is 56.2 Å². The molecule has 0 fully saturated rings. The maximum atomic E-state index is 10.9. The van der Waals surface area contributed by atoms with Gasteiger partial charge in [-0.3, -0.25) is 0 Å². The Morgan fingerprint density at radius 1 is 1.23 bits per heavy atom. The molecular weight excluding hydrogens is 166 g/mol. The Morgan fingerprint density at radius 2 is 2.00 bits per heavy atom. The van der Waals surface area contributed by atoms with Crippen LogP contribution in [0.5, 0.6) is 0 Å².